The molecule has 55 valence electrons. The molecule has 0 fully saturated rings. The molecule has 0 bridgehead atoms. The first-order valence-corrected chi connectivity index (χ1v) is 1.13. The normalized spacial score (nSPS) is 2.00. The molecule has 0 aliphatic carbocycles. The first-order chi connectivity index (χ1) is 3.00. The second-order valence-electron chi connectivity index (χ2n) is 0. The van der Waals surface area contributed by atoms with E-state index in [1.165, 1.54) is 0 Å². The first-order valence-electron chi connectivity index (χ1n) is 1.13. The summed E-state index contributed by atoms with van der Waals surface area (Å²) in [6, 6.07) is 0. The zero-order chi connectivity index (χ0) is 6.00. The van der Waals surface area contributed by atoms with Crippen molar-refractivity contribution in [3.8, 4) is 0 Å². The van der Waals surface area contributed by atoms with E-state index < -0.39 is 0 Å². The van der Waals surface area contributed by atoms with E-state index in [0.717, 1.165) is 14.2 Å². The third-order valence-electron chi connectivity index (χ3n) is 0. The Morgan fingerprint density at radius 1 is 1.00 bits per heavy atom. The average Bonchev–Trinajstić information content (AvgIpc) is 1.81. The molecule has 0 aliphatic heterocycles. The third kappa shape index (κ3) is 2990. The molecule has 0 spiro atoms. The standard InChI is InChI=1S/2CH4O.CHO.CH3.Tc/c3*1-2;;/h2*2H,1H3;1H;1H3;/q;;2*-1;/i;;;;1+1. The SMILES string of the molecule is CO.CO.[99Tc].[CH-]=O.[CH3-]. The Balaban J connectivity index is -0.00000000500. The minimum absolute atomic E-state index is 0. The Labute approximate surface area is 64.1 Å². The summed E-state index contributed by atoms with van der Waals surface area (Å²) in [4.78, 5) is 7.75. The van der Waals surface area contributed by atoms with Gasteiger partial charge in [-0.3, -0.25) is 6.79 Å². The largest absolute Gasteiger partial charge is 0.545 e. The maximum atomic E-state index is 7.75. The van der Waals surface area contributed by atoms with Crippen molar-refractivity contribution >= 4 is 6.79 Å². The number of rotatable bonds is 0. The Morgan fingerprint density at radius 3 is 1.00 bits per heavy atom. The van der Waals surface area contributed by atoms with Crippen LogP contribution in [0.3, 0.4) is 0 Å². The predicted molar refractivity (Wildman–Crippen MR) is 29.5 cm³/mol. The number of hydrogen-bond donors (Lipinski definition) is 2. The van der Waals surface area contributed by atoms with Gasteiger partial charge in [0.05, 0.1) is 0 Å². The fourth-order valence-corrected chi connectivity index (χ4v) is 0. The summed E-state index contributed by atoms with van der Waals surface area (Å²) in [5.74, 6) is 0. The van der Waals surface area contributed by atoms with Crippen LogP contribution in [0.25, 0.3) is 0 Å². The third-order valence-corrected chi connectivity index (χ3v) is 0. The van der Waals surface area contributed by atoms with Gasteiger partial charge in [-0.25, -0.2) is 0 Å². The molecular weight excluding hydrogens is 195 g/mol. The Hall–Kier alpha value is 0.239. The van der Waals surface area contributed by atoms with Crippen molar-refractivity contribution in [2.75, 3.05) is 14.2 Å². The molecule has 3 nitrogen and oxygen atoms in total. The van der Waals surface area contributed by atoms with Crippen LogP contribution in [0.2, 0.25) is 0 Å². The van der Waals surface area contributed by atoms with Crippen molar-refractivity contribution in [1.29, 1.82) is 0 Å². The zero-order valence-electron chi connectivity index (χ0n) is 5.26. The molecule has 0 aromatic rings. The molecule has 0 aliphatic rings. The quantitative estimate of drug-likeness (QED) is 0.411. The van der Waals surface area contributed by atoms with E-state index in [1.54, 1.807) is 0 Å². The number of hydrogen-bond acceptors (Lipinski definition) is 3. The van der Waals surface area contributed by atoms with Gasteiger partial charge in [-0.05, 0) is 0 Å². The van der Waals surface area contributed by atoms with Crippen LogP contribution in [0, 0.1) is 7.43 Å². The van der Waals surface area contributed by atoms with Gasteiger partial charge in [0.15, 0.2) is 0 Å². The summed E-state index contributed by atoms with van der Waals surface area (Å²) < 4.78 is 0. The Morgan fingerprint density at radius 2 is 1.00 bits per heavy atom. The van der Waals surface area contributed by atoms with Gasteiger partial charge in [0, 0.05) is 34.3 Å². The van der Waals surface area contributed by atoms with Crippen molar-refractivity contribution in [3.05, 3.63) is 7.43 Å². The van der Waals surface area contributed by atoms with Gasteiger partial charge in [-0.1, -0.05) is 0 Å². The monoisotopic (exact) mass is 207 g/mol. The van der Waals surface area contributed by atoms with E-state index >= 15 is 0 Å². The summed E-state index contributed by atoms with van der Waals surface area (Å²) in [7, 11) is 2.00. The number of aliphatic hydroxyl groups excluding tert-OH is 2. The Bertz CT molecular complexity index is 11.2. The van der Waals surface area contributed by atoms with Gasteiger partial charge in [-0.15, -0.1) is 0 Å². The fourth-order valence-electron chi connectivity index (χ4n) is 0. The van der Waals surface area contributed by atoms with Gasteiger partial charge >= 0.3 is 0 Å². The second-order valence-corrected chi connectivity index (χ2v) is 0. The van der Waals surface area contributed by atoms with E-state index in [9.17, 15) is 0 Å². The summed E-state index contributed by atoms with van der Waals surface area (Å²) in [6.07, 6.45) is 0. The summed E-state index contributed by atoms with van der Waals surface area (Å²) >= 11 is 0. The maximum absolute atomic E-state index is 7.75. The minimum atomic E-state index is 0. The predicted octanol–water partition coefficient (Wildman–Crippen LogP) is -0.609. The van der Waals surface area contributed by atoms with Crippen molar-refractivity contribution in [2.24, 2.45) is 0 Å². The molecule has 0 aromatic carbocycles. The van der Waals surface area contributed by atoms with Crippen LogP contribution >= 0.6 is 0 Å². The van der Waals surface area contributed by atoms with E-state index in [0.29, 0.717) is 0 Å². The first kappa shape index (κ1) is 41.2. The van der Waals surface area contributed by atoms with Gasteiger partial charge in [0.2, 0.25) is 0 Å². The van der Waals surface area contributed by atoms with Gasteiger partial charge in [0.1, 0.15) is 0 Å². The Kier molecular flexibility index (Phi) is 25300. The molecule has 0 saturated carbocycles. The van der Waals surface area contributed by atoms with Gasteiger partial charge < -0.3 is 22.4 Å². The molecule has 4 heteroatoms. The van der Waals surface area contributed by atoms with E-state index in [4.69, 9.17) is 15.0 Å². The molecule has 1 radical (unpaired) electrons. The van der Waals surface area contributed by atoms with Crippen LogP contribution in [-0.4, -0.2) is 31.2 Å². The van der Waals surface area contributed by atoms with Crippen molar-refractivity contribution in [3.63, 3.8) is 0 Å². The van der Waals surface area contributed by atoms with Gasteiger partial charge in [-0.2, -0.15) is 0 Å². The van der Waals surface area contributed by atoms with E-state index in [1.807, 2.05) is 0 Å². The topological polar surface area (TPSA) is 57.5 Å². The molecule has 0 aromatic heterocycles. The van der Waals surface area contributed by atoms with Crippen LogP contribution in [0.5, 0.6) is 0 Å². The van der Waals surface area contributed by atoms with Crippen LogP contribution in [0.4, 0.5) is 0 Å². The van der Waals surface area contributed by atoms with Crippen molar-refractivity contribution < 1.29 is 35.1 Å². The summed E-state index contributed by atoms with van der Waals surface area (Å²) in [6.45, 7) is 3.25. The number of carbonyl (C=O) groups excluding carboxylic acids is 1. The maximum Gasteiger partial charge on any atom is 0.0319 e. The van der Waals surface area contributed by atoms with Crippen LogP contribution in [0.1, 0.15) is 0 Å². The van der Waals surface area contributed by atoms with Crippen LogP contribution in [-0.2, 0) is 24.9 Å². The average molecular weight is 207 g/mol. The molecule has 8 heavy (non-hydrogen) atoms. The molecule has 2 N–H and O–H groups in total. The zero-order valence-corrected chi connectivity index (χ0v) is 7.12. The molecule has 0 atom stereocenters. The van der Waals surface area contributed by atoms with Crippen LogP contribution < -0.4 is 0 Å². The minimum Gasteiger partial charge on any atom is -0.545 e. The second kappa shape index (κ2) is 4920. The fraction of sp³-hybridized carbons (Fsp3) is 0.500. The number of aliphatic hydroxyl groups is 2. The molecular formula is C4H12O3Tc-2. The molecule has 0 rings (SSSR count). The molecule has 0 unspecified atom stereocenters. The van der Waals surface area contributed by atoms with Gasteiger partial charge in [0.25, 0.3) is 0 Å². The summed E-state index contributed by atoms with van der Waals surface area (Å²) in [5, 5.41) is 14.0. The van der Waals surface area contributed by atoms with Crippen LogP contribution in [0.15, 0.2) is 0 Å². The van der Waals surface area contributed by atoms with Crippen molar-refractivity contribution in [1.82, 2.24) is 0 Å². The summed E-state index contributed by atoms with van der Waals surface area (Å²) in [5.41, 5.74) is 0. The smallest absolute Gasteiger partial charge is 0.0319 e. The molecule has 0 heterocycles. The molecule has 0 saturated heterocycles. The van der Waals surface area contributed by atoms with E-state index in [2.05, 4.69) is 6.79 Å². The van der Waals surface area contributed by atoms with Crippen molar-refractivity contribution in [2.45, 2.75) is 0 Å². The molecule has 0 amide bonds. The van der Waals surface area contributed by atoms with E-state index in [-0.39, 0.29) is 27.5 Å².